The number of ether oxygens (including phenoxy) is 4. The summed E-state index contributed by atoms with van der Waals surface area (Å²) < 4.78 is 21.2. The highest BCUT2D eigenvalue weighted by Gasteiger charge is 2.13. The first-order valence-electron chi connectivity index (χ1n) is 8.41. The number of methoxy groups -OCH3 is 1. The Labute approximate surface area is 152 Å². The lowest BCUT2D eigenvalue weighted by atomic mass is 10.1. The zero-order valence-electron chi connectivity index (χ0n) is 14.6. The van der Waals surface area contributed by atoms with E-state index < -0.39 is 0 Å². The normalized spacial score (nSPS) is 11.7. The maximum Gasteiger partial charge on any atom is 0.314 e. The molecule has 1 heterocycles. The fraction of sp³-hybridized carbons (Fsp3) is 0.316. The van der Waals surface area contributed by atoms with E-state index in [4.69, 9.17) is 18.9 Å². The van der Waals surface area contributed by atoms with Crippen LogP contribution in [-0.4, -0.2) is 39.6 Å². The Kier molecular flexibility index (Phi) is 6.03. The molecule has 0 bridgehead atoms. The predicted molar refractivity (Wildman–Crippen MR) is 96.2 cm³/mol. The number of urea groups is 1. The van der Waals surface area contributed by atoms with Crippen LogP contribution < -0.4 is 29.6 Å². The second-order valence-corrected chi connectivity index (χ2v) is 5.64. The van der Waals surface area contributed by atoms with Crippen molar-refractivity contribution < 1.29 is 23.7 Å². The van der Waals surface area contributed by atoms with Crippen molar-refractivity contribution in [1.29, 1.82) is 0 Å². The molecule has 0 radical (unpaired) electrons. The Morgan fingerprint density at radius 1 is 1.00 bits per heavy atom. The maximum absolute atomic E-state index is 11.8. The molecule has 7 nitrogen and oxygen atoms in total. The molecular weight excluding hydrogens is 336 g/mol. The third kappa shape index (κ3) is 4.95. The molecule has 0 aliphatic carbocycles. The number of nitrogens with one attached hydrogen (secondary N) is 2. The van der Waals surface area contributed by atoms with Gasteiger partial charge in [-0.25, -0.2) is 4.79 Å². The molecule has 2 aromatic carbocycles. The van der Waals surface area contributed by atoms with E-state index >= 15 is 0 Å². The van der Waals surface area contributed by atoms with Gasteiger partial charge in [0.15, 0.2) is 11.5 Å². The number of benzene rings is 2. The smallest absolute Gasteiger partial charge is 0.314 e. The largest absolute Gasteiger partial charge is 0.497 e. The molecule has 0 aromatic heterocycles. The molecular formula is C19H22N2O5. The van der Waals surface area contributed by atoms with Crippen molar-refractivity contribution in [1.82, 2.24) is 10.6 Å². The molecule has 3 rings (SSSR count). The molecule has 2 N–H and O–H groups in total. The van der Waals surface area contributed by atoms with Gasteiger partial charge in [0, 0.05) is 6.54 Å². The Morgan fingerprint density at radius 3 is 2.54 bits per heavy atom. The second kappa shape index (κ2) is 8.84. The van der Waals surface area contributed by atoms with Gasteiger partial charge < -0.3 is 29.6 Å². The van der Waals surface area contributed by atoms with Crippen molar-refractivity contribution in [3.05, 3.63) is 48.0 Å². The van der Waals surface area contributed by atoms with Crippen LogP contribution in [-0.2, 0) is 6.42 Å². The number of hydrogen-bond acceptors (Lipinski definition) is 5. The molecule has 7 heteroatoms. The van der Waals surface area contributed by atoms with E-state index in [9.17, 15) is 4.79 Å². The molecule has 0 saturated carbocycles. The Hall–Kier alpha value is -3.09. The number of rotatable bonds is 8. The molecule has 2 amide bonds. The Morgan fingerprint density at radius 2 is 1.73 bits per heavy atom. The fourth-order valence-electron chi connectivity index (χ4n) is 2.48. The lowest BCUT2D eigenvalue weighted by molar-refractivity contribution is 0.174. The minimum Gasteiger partial charge on any atom is -0.497 e. The van der Waals surface area contributed by atoms with Crippen molar-refractivity contribution in [3.63, 3.8) is 0 Å². The summed E-state index contributed by atoms with van der Waals surface area (Å²) >= 11 is 0. The van der Waals surface area contributed by atoms with E-state index in [1.54, 1.807) is 7.11 Å². The molecule has 0 saturated heterocycles. The third-order valence-electron chi connectivity index (χ3n) is 3.85. The van der Waals surface area contributed by atoms with Gasteiger partial charge in [-0.05, 0) is 48.4 Å². The summed E-state index contributed by atoms with van der Waals surface area (Å²) in [4.78, 5) is 11.8. The standard InChI is InChI=1S/C19H22N2O5/c1-23-15-3-5-16(6-4-15)24-11-10-21-19(22)20-9-8-14-2-7-17-18(12-14)26-13-25-17/h2-7,12H,8-11,13H2,1H3,(H2,20,21,22). The Bertz CT molecular complexity index is 733. The Balaban J connectivity index is 1.29. The van der Waals surface area contributed by atoms with Crippen LogP contribution in [0.4, 0.5) is 4.79 Å². The molecule has 2 aromatic rings. The van der Waals surface area contributed by atoms with Crippen LogP contribution in [0.2, 0.25) is 0 Å². The first-order chi connectivity index (χ1) is 12.7. The monoisotopic (exact) mass is 358 g/mol. The highest BCUT2D eigenvalue weighted by molar-refractivity contribution is 5.73. The van der Waals surface area contributed by atoms with E-state index in [1.165, 1.54) is 0 Å². The van der Waals surface area contributed by atoms with Gasteiger partial charge in [-0.3, -0.25) is 0 Å². The molecule has 0 fully saturated rings. The van der Waals surface area contributed by atoms with Crippen LogP contribution in [0.15, 0.2) is 42.5 Å². The minimum absolute atomic E-state index is 0.218. The predicted octanol–water partition coefficient (Wildman–Crippen LogP) is 2.34. The molecule has 0 unspecified atom stereocenters. The van der Waals surface area contributed by atoms with Gasteiger partial charge in [-0.1, -0.05) is 6.07 Å². The van der Waals surface area contributed by atoms with E-state index in [2.05, 4.69) is 10.6 Å². The van der Waals surface area contributed by atoms with Crippen molar-refractivity contribution in [2.45, 2.75) is 6.42 Å². The summed E-state index contributed by atoms with van der Waals surface area (Å²) in [6.45, 7) is 1.60. The molecule has 1 aliphatic heterocycles. The summed E-state index contributed by atoms with van der Waals surface area (Å²) in [7, 11) is 1.62. The van der Waals surface area contributed by atoms with Gasteiger partial charge in [0.05, 0.1) is 13.7 Å². The summed E-state index contributed by atoms with van der Waals surface area (Å²) in [5, 5.41) is 5.58. The van der Waals surface area contributed by atoms with Crippen molar-refractivity contribution in [2.24, 2.45) is 0 Å². The molecule has 1 aliphatic rings. The first-order valence-corrected chi connectivity index (χ1v) is 8.41. The van der Waals surface area contributed by atoms with Crippen LogP contribution in [0.5, 0.6) is 23.0 Å². The average Bonchev–Trinajstić information content (AvgIpc) is 3.13. The zero-order valence-corrected chi connectivity index (χ0v) is 14.6. The summed E-state index contributed by atoms with van der Waals surface area (Å²) in [6.07, 6.45) is 0.715. The maximum atomic E-state index is 11.8. The van der Waals surface area contributed by atoms with Gasteiger partial charge in [-0.2, -0.15) is 0 Å². The number of carbonyl (C=O) groups is 1. The number of amides is 2. The highest BCUT2D eigenvalue weighted by atomic mass is 16.7. The fourth-order valence-corrected chi connectivity index (χ4v) is 2.48. The number of hydrogen-bond donors (Lipinski definition) is 2. The molecule has 0 atom stereocenters. The zero-order chi connectivity index (χ0) is 18.2. The van der Waals surface area contributed by atoms with Gasteiger partial charge in [-0.15, -0.1) is 0 Å². The van der Waals surface area contributed by atoms with Crippen LogP contribution in [0.3, 0.4) is 0 Å². The van der Waals surface area contributed by atoms with Gasteiger partial charge in [0.1, 0.15) is 18.1 Å². The number of fused-ring (bicyclic) bond motifs is 1. The minimum atomic E-state index is -0.218. The van der Waals surface area contributed by atoms with E-state index in [-0.39, 0.29) is 12.8 Å². The molecule has 138 valence electrons. The van der Waals surface area contributed by atoms with Crippen molar-refractivity contribution >= 4 is 6.03 Å². The third-order valence-corrected chi connectivity index (χ3v) is 3.85. The quantitative estimate of drug-likeness (QED) is 0.708. The highest BCUT2D eigenvalue weighted by Crippen LogP contribution is 2.32. The van der Waals surface area contributed by atoms with Gasteiger partial charge in [0.25, 0.3) is 0 Å². The lowest BCUT2D eigenvalue weighted by Gasteiger charge is -2.10. The van der Waals surface area contributed by atoms with Crippen LogP contribution in [0, 0.1) is 0 Å². The molecule has 0 spiro atoms. The summed E-state index contributed by atoms with van der Waals surface area (Å²) in [6, 6.07) is 12.9. The van der Waals surface area contributed by atoms with E-state index in [0.29, 0.717) is 26.1 Å². The van der Waals surface area contributed by atoms with Crippen LogP contribution in [0.1, 0.15) is 5.56 Å². The molecule has 26 heavy (non-hydrogen) atoms. The summed E-state index contributed by atoms with van der Waals surface area (Å²) in [5.41, 5.74) is 1.08. The summed E-state index contributed by atoms with van der Waals surface area (Å²) in [5.74, 6) is 3.02. The van der Waals surface area contributed by atoms with Crippen LogP contribution >= 0.6 is 0 Å². The van der Waals surface area contributed by atoms with E-state index in [0.717, 1.165) is 28.6 Å². The van der Waals surface area contributed by atoms with Gasteiger partial charge in [0.2, 0.25) is 6.79 Å². The van der Waals surface area contributed by atoms with E-state index in [1.807, 2.05) is 42.5 Å². The van der Waals surface area contributed by atoms with Crippen LogP contribution in [0.25, 0.3) is 0 Å². The first kappa shape index (κ1) is 17.7. The van der Waals surface area contributed by atoms with Crippen molar-refractivity contribution in [2.75, 3.05) is 33.6 Å². The van der Waals surface area contributed by atoms with Crippen molar-refractivity contribution in [3.8, 4) is 23.0 Å². The topological polar surface area (TPSA) is 78.1 Å². The number of carbonyl (C=O) groups excluding carboxylic acids is 1. The SMILES string of the molecule is COc1ccc(OCCNC(=O)NCCc2ccc3c(c2)OCO3)cc1. The average molecular weight is 358 g/mol. The van der Waals surface area contributed by atoms with Gasteiger partial charge >= 0.3 is 6.03 Å². The lowest BCUT2D eigenvalue weighted by Crippen LogP contribution is -2.38. The second-order valence-electron chi connectivity index (χ2n) is 5.64.